The molecule has 0 saturated heterocycles. The first-order chi connectivity index (χ1) is 13.6. The van der Waals surface area contributed by atoms with Gasteiger partial charge in [-0.15, -0.1) is 0 Å². The van der Waals surface area contributed by atoms with Crippen LogP contribution in [0.25, 0.3) is 0 Å². The number of methoxy groups -OCH3 is 2. The Morgan fingerprint density at radius 1 is 0.929 bits per heavy atom. The van der Waals surface area contributed by atoms with Crippen LogP contribution in [-0.4, -0.2) is 20.1 Å². The largest absolute Gasteiger partial charge is 0.497 e. The Labute approximate surface area is 169 Å². The highest BCUT2D eigenvalue weighted by Crippen LogP contribution is 2.46. The van der Waals surface area contributed by atoms with Crippen molar-refractivity contribution < 1.29 is 14.3 Å². The Morgan fingerprint density at radius 2 is 1.68 bits per heavy atom. The lowest BCUT2D eigenvalue weighted by Crippen LogP contribution is -2.38. The third-order valence-corrected chi connectivity index (χ3v) is 5.50. The van der Waals surface area contributed by atoms with E-state index in [1.807, 2.05) is 60.7 Å². The normalized spacial score (nSPS) is 17.8. The summed E-state index contributed by atoms with van der Waals surface area (Å²) in [6, 6.07) is 21.0. The molecule has 0 spiro atoms. The number of amides is 1. The van der Waals surface area contributed by atoms with Gasteiger partial charge in [-0.05, 0) is 59.5 Å². The van der Waals surface area contributed by atoms with Gasteiger partial charge in [-0.3, -0.25) is 4.79 Å². The van der Waals surface area contributed by atoms with E-state index in [2.05, 4.69) is 5.32 Å². The lowest BCUT2D eigenvalue weighted by atomic mass is 9.71. The fourth-order valence-corrected chi connectivity index (χ4v) is 4.02. The highest BCUT2D eigenvalue weighted by molar-refractivity contribution is 6.31. The number of hydrogen-bond acceptors (Lipinski definition) is 3. The number of ether oxygens (including phenoxy) is 2. The number of carbonyl (C=O) groups is 1. The Kier molecular flexibility index (Phi) is 4.73. The van der Waals surface area contributed by atoms with Gasteiger partial charge >= 0.3 is 0 Å². The monoisotopic (exact) mass is 393 g/mol. The minimum atomic E-state index is -0.872. The maximum absolute atomic E-state index is 13.4. The van der Waals surface area contributed by atoms with Gasteiger partial charge in [-0.1, -0.05) is 41.9 Å². The number of halogens is 1. The fraction of sp³-hybridized carbons (Fsp3) is 0.174. The van der Waals surface area contributed by atoms with Gasteiger partial charge in [-0.25, -0.2) is 0 Å². The van der Waals surface area contributed by atoms with Crippen molar-refractivity contribution in [1.82, 2.24) is 0 Å². The predicted octanol–water partition coefficient (Wildman–Crippen LogP) is 4.84. The van der Waals surface area contributed by atoms with E-state index in [9.17, 15) is 4.79 Å². The lowest BCUT2D eigenvalue weighted by molar-refractivity contribution is -0.119. The molecule has 1 N–H and O–H groups in total. The second kappa shape index (κ2) is 7.21. The Morgan fingerprint density at radius 3 is 2.39 bits per heavy atom. The molecule has 3 aromatic carbocycles. The topological polar surface area (TPSA) is 47.6 Å². The van der Waals surface area contributed by atoms with Gasteiger partial charge in [0.15, 0.2) is 0 Å². The lowest BCUT2D eigenvalue weighted by Gasteiger charge is -2.29. The molecule has 1 aliphatic heterocycles. The van der Waals surface area contributed by atoms with Crippen LogP contribution < -0.4 is 14.8 Å². The summed E-state index contributed by atoms with van der Waals surface area (Å²) in [6.07, 6.45) is 0.505. The molecule has 4 nitrogen and oxygen atoms in total. The Hall–Kier alpha value is -2.98. The van der Waals surface area contributed by atoms with Crippen molar-refractivity contribution in [2.45, 2.75) is 11.8 Å². The maximum atomic E-state index is 13.4. The van der Waals surface area contributed by atoms with Crippen molar-refractivity contribution in [1.29, 1.82) is 0 Å². The van der Waals surface area contributed by atoms with Crippen molar-refractivity contribution in [2.24, 2.45) is 0 Å². The van der Waals surface area contributed by atoms with Crippen LogP contribution >= 0.6 is 11.6 Å². The summed E-state index contributed by atoms with van der Waals surface area (Å²) in [5.74, 6) is 1.41. The molecule has 1 atom stereocenters. The first kappa shape index (κ1) is 18.4. The van der Waals surface area contributed by atoms with Gasteiger partial charge in [0.2, 0.25) is 5.91 Å². The summed E-state index contributed by atoms with van der Waals surface area (Å²) in [6.45, 7) is 0. The SMILES string of the molecule is COc1ccc(CC2(c3cccc(OC)c3)C(=O)Nc3cc(Cl)ccc32)cc1. The molecule has 28 heavy (non-hydrogen) atoms. The summed E-state index contributed by atoms with van der Waals surface area (Å²) in [7, 11) is 3.26. The van der Waals surface area contributed by atoms with E-state index in [-0.39, 0.29) is 5.91 Å². The zero-order valence-corrected chi connectivity index (χ0v) is 16.4. The van der Waals surface area contributed by atoms with Gasteiger partial charge in [-0.2, -0.15) is 0 Å². The van der Waals surface area contributed by atoms with Crippen LogP contribution in [0.3, 0.4) is 0 Å². The number of fused-ring (bicyclic) bond motifs is 1. The molecule has 0 aromatic heterocycles. The highest BCUT2D eigenvalue weighted by atomic mass is 35.5. The molecule has 5 heteroatoms. The summed E-state index contributed by atoms with van der Waals surface area (Å²) in [5, 5.41) is 3.61. The summed E-state index contributed by atoms with van der Waals surface area (Å²) in [4.78, 5) is 13.4. The summed E-state index contributed by atoms with van der Waals surface area (Å²) in [5.41, 5.74) is 2.69. The Balaban J connectivity index is 1.90. The minimum absolute atomic E-state index is 0.0752. The van der Waals surface area contributed by atoms with Crippen LogP contribution in [0.2, 0.25) is 5.02 Å². The van der Waals surface area contributed by atoms with Crippen molar-refractivity contribution in [2.75, 3.05) is 19.5 Å². The summed E-state index contributed by atoms with van der Waals surface area (Å²) < 4.78 is 10.7. The molecular formula is C23H20ClNO3. The van der Waals surface area contributed by atoms with E-state index in [0.29, 0.717) is 17.2 Å². The fourth-order valence-electron chi connectivity index (χ4n) is 3.85. The predicted molar refractivity (Wildman–Crippen MR) is 111 cm³/mol. The third-order valence-electron chi connectivity index (χ3n) is 5.27. The van der Waals surface area contributed by atoms with Gasteiger partial charge in [0.25, 0.3) is 0 Å². The number of benzene rings is 3. The molecule has 1 amide bonds. The average Bonchev–Trinajstić information content (AvgIpc) is 2.99. The van der Waals surface area contributed by atoms with E-state index < -0.39 is 5.41 Å². The van der Waals surface area contributed by atoms with Crippen LogP contribution in [-0.2, 0) is 16.6 Å². The van der Waals surface area contributed by atoms with Crippen LogP contribution in [0.1, 0.15) is 16.7 Å². The molecule has 3 aromatic rings. The zero-order valence-electron chi connectivity index (χ0n) is 15.7. The second-order valence-electron chi connectivity index (χ2n) is 6.81. The standard InChI is InChI=1S/C23H20ClNO3/c1-27-18-9-6-15(7-10-18)14-23(16-4-3-5-19(12-16)28-2)20-11-8-17(24)13-21(20)25-22(23)26/h3-13H,14H2,1-2H3,(H,25,26). The van der Waals surface area contributed by atoms with Crippen molar-refractivity contribution >= 4 is 23.2 Å². The van der Waals surface area contributed by atoms with E-state index in [4.69, 9.17) is 21.1 Å². The molecule has 0 aliphatic carbocycles. The minimum Gasteiger partial charge on any atom is -0.497 e. The number of rotatable bonds is 5. The molecule has 0 saturated carbocycles. The van der Waals surface area contributed by atoms with Crippen molar-refractivity contribution in [3.05, 3.63) is 88.4 Å². The molecule has 1 heterocycles. The highest BCUT2D eigenvalue weighted by Gasteiger charge is 2.48. The molecule has 0 fully saturated rings. The van der Waals surface area contributed by atoms with Crippen LogP contribution in [0, 0.1) is 0 Å². The number of carbonyl (C=O) groups excluding carboxylic acids is 1. The molecule has 0 bridgehead atoms. The maximum Gasteiger partial charge on any atom is 0.239 e. The Bertz CT molecular complexity index is 1030. The van der Waals surface area contributed by atoms with Crippen molar-refractivity contribution in [3.63, 3.8) is 0 Å². The molecule has 4 rings (SSSR count). The van der Waals surface area contributed by atoms with E-state index in [1.165, 1.54) is 0 Å². The third kappa shape index (κ3) is 3.00. The van der Waals surface area contributed by atoms with Crippen LogP contribution in [0.5, 0.6) is 11.5 Å². The first-order valence-corrected chi connectivity index (χ1v) is 9.33. The van der Waals surface area contributed by atoms with Crippen molar-refractivity contribution in [3.8, 4) is 11.5 Å². The average molecular weight is 394 g/mol. The molecular weight excluding hydrogens is 374 g/mol. The van der Waals surface area contributed by atoms with Crippen LogP contribution in [0.15, 0.2) is 66.7 Å². The van der Waals surface area contributed by atoms with E-state index in [0.717, 1.165) is 28.1 Å². The second-order valence-corrected chi connectivity index (χ2v) is 7.24. The zero-order chi connectivity index (χ0) is 19.7. The first-order valence-electron chi connectivity index (χ1n) is 8.96. The van der Waals surface area contributed by atoms with E-state index in [1.54, 1.807) is 20.3 Å². The molecule has 1 aliphatic rings. The van der Waals surface area contributed by atoms with E-state index >= 15 is 0 Å². The van der Waals surface area contributed by atoms with Crippen LogP contribution in [0.4, 0.5) is 5.69 Å². The summed E-state index contributed by atoms with van der Waals surface area (Å²) >= 11 is 6.17. The quantitative estimate of drug-likeness (QED) is 0.674. The van der Waals surface area contributed by atoms with Gasteiger partial charge < -0.3 is 14.8 Å². The number of nitrogens with one attached hydrogen (secondary N) is 1. The van der Waals surface area contributed by atoms with Gasteiger partial charge in [0.05, 0.1) is 14.2 Å². The molecule has 142 valence electrons. The number of anilines is 1. The number of hydrogen-bond donors (Lipinski definition) is 1. The molecule has 0 radical (unpaired) electrons. The smallest absolute Gasteiger partial charge is 0.239 e. The van der Waals surface area contributed by atoms with Gasteiger partial charge in [0.1, 0.15) is 16.9 Å². The molecule has 1 unspecified atom stereocenters. The van der Waals surface area contributed by atoms with Gasteiger partial charge in [0, 0.05) is 10.7 Å².